The van der Waals surface area contributed by atoms with Crippen LogP contribution < -0.4 is 15.7 Å². The first-order chi connectivity index (χ1) is 27.6. The Bertz CT molecular complexity index is 1940. The third-order valence-electron chi connectivity index (χ3n) is 10.0. The highest BCUT2D eigenvalue weighted by Crippen LogP contribution is 2.40. The van der Waals surface area contributed by atoms with Gasteiger partial charge in [-0.05, 0) is 45.9 Å². The Labute approximate surface area is 336 Å². The molecule has 0 aromatic heterocycles. The topological polar surface area (TPSA) is 222 Å². The molecule has 2 fully saturated rings. The number of nitrogens with one attached hydrogen (secondary N) is 1. The fraction of sp³-hybridized carbons (Fsp3) is 0.439. The van der Waals surface area contributed by atoms with E-state index in [2.05, 4.69) is 15.3 Å². The highest BCUT2D eigenvalue weighted by Gasteiger charge is 2.57. The molecule has 308 valence electrons. The van der Waals surface area contributed by atoms with Gasteiger partial charge in [-0.2, -0.15) is 0 Å². The molecule has 3 aromatic rings. The Hall–Kier alpha value is -5.58. The fourth-order valence-corrected chi connectivity index (χ4v) is 12.4. The lowest BCUT2D eigenvalue weighted by Gasteiger charge is -2.50. The highest BCUT2D eigenvalue weighted by molar-refractivity contribution is 6.99. The van der Waals surface area contributed by atoms with Gasteiger partial charge in [0.2, 0.25) is 0 Å². The Morgan fingerprint density at radius 2 is 1.24 bits per heavy atom. The monoisotopic (exact) mass is 816 g/mol. The SMILES string of the molecule is CC(=O)OC1[C@H](N=[N+]=[N-])OC(C(=O)NC2CC[C@@H](OC(=O)c3ccccc3)[C@H](O)[C@H]2O[Si](c2ccccc2)(c2ccccc2)C(C)(C)C)[C@H](OC(C)=O)[C@@H]1OC(C)=O. The molecule has 0 radical (unpaired) electrons. The maximum Gasteiger partial charge on any atom is 0.338 e. The molecule has 16 nitrogen and oxygen atoms in total. The zero-order valence-electron chi connectivity index (χ0n) is 33.1. The first kappa shape index (κ1) is 43.5. The molecular weight excluding hydrogens is 769 g/mol. The van der Waals surface area contributed by atoms with Crippen molar-refractivity contribution in [3.8, 4) is 0 Å². The van der Waals surface area contributed by atoms with Crippen LogP contribution in [0.4, 0.5) is 0 Å². The van der Waals surface area contributed by atoms with Crippen LogP contribution in [0.3, 0.4) is 0 Å². The van der Waals surface area contributed by atoms with E-state index in [1.807, 2.05) is 81.4 Å². The quantitative estimate of drug-likeness (QED) is 0.0669. The number of carbonyl (C=O) groups is 5. The summed E-state index contributed by atoms with van der Waals surface area (Å²) < 4.78 is 35.5. The minimum atomic E-state index is -3.47. The van der Waals surface area contributed by atoms with E-state index in [1.165, 1.54) is 0 Å². The summed E-state index contributed by atoms with van der Waals surface area (Å²) in [5.74, 6) is -4.22. The fourth-order valence-electron chi connectivity index (χ4n) is 7.65. The van der Waals surface area contributed by atoms with Crippen LogP contribution in [-0.4, -0.2) is 98.2 Å². The molecule has 1 aliphatic heterocycles. The van der Waals surface area contributed by atoms with E-state index in [0.29, 0.717) is 0 Å². The highest BCUT2D eigenvalue weighted by atomic mass is 28.4. The molecule has 0 bridgehead atoms. The molecule has 58 heavy (non-hydrogen) atoms. The average Bonchev–Trinajstić information content (AvgIpc) is 3.18. The normalized spacial score (nSPS) is 25.9. The lowest BCUT2D eigenvalue weighted by molar-refractivity contribution is -0.243. The van der Waals surface area contributed by atoms with Crippen molar-refractivity contribution in [2.75, 3.05) is 0 Å². The van der Waals surface area contributed by atoms with Crippen LogP contribution in [0.1, 0.15) is 64.7 Å². The number of carbonyl (C=O) groups excluding carboxylic acids is 5. The zero-order chi connectivity index (χ0) is 42.2. The van der Waals surface area contributed by atoms with Crippen molar-refractivity contribution in [2.45, 2.75) is 114 Å². The van der Waals surface area contributed by atoms with Gasteiger partial charge in [-0.1, -0.05) is 105 Å². The minimum absolute atomic E-state index is 0.0934. The van der Waals surface area contributed by atoms with Gasteiger partial charge in [0.15, 0.2) is 30.6 Å². The molecule has 1 saturated carbocycles. The van der Waals surface area contributed by atoms with Crippen LogP contribution in [0, 0.1) is 0 Å². The number of ether oxygens (including phenoxy) is 5. The molecule has 2 aliphatic rings. The van der Waals surface area contributed by atoms with E-state index in [0.717, 1.165) is 31.1 Å². The third-order valence-corrected chi connectivity index (χ3v) is 15.1. The number of esters is 4. The second kappa shape index (κ2) is 18.8. The average molecular weight is 817 g/mol. The number of rotatable bonds is 12. The van der Waals surface area contributed by atoms with Crippen molar-refractivity contribution in [1.82, 2.24) is 5.32 Å². The van der Waals surface area contributed by atoms with Gasteiger partial charge in [0.25, 0.3) is 14.2 Å². The summed E-state index contributed by atoms with van der Waals surface area (Å²) >= 11 is 0. The predicted octanol–water partition coefficient (Wildman–Crippen LogP) is 3.63. The van der Waals surface area contributed by atoms with Gasteiger partial charge in [-0.15, -0.1) is 0 Å². The van der Waals surface area contributed by atoms with Crippen LogP contribution >= 0.6 is 0 Å². The van der Waals surface area contributed by atoms with Crippen LogP contribution in [0.25, 0.3) is 10.4 Å². The van der Waals surface area contributed by atoms with Crippen molar-refractivity contribution in [3.05, 3.63) is 107 Å². The Morgan fingerprint density at radius 3 is 1.74 bits per heavy atom. The summed E-state index contributed by atoms with van der Waals surface area (Å²) in [6, 6.07) is 26.6. The second-order valence-corrected chi connectivity index (χ2v) is 19.4. The number of azide groups is 1. The molecule has 9 atom stereocenters. The Balaban J connectivity index is 1.59. The molecule has 1 heterocycles. The molecule has 1 aliphatic carbocycles. The van der Waals surface area contributed by atoms with Crippen LogP contribution in [0.5, 0.6) is 0 Å². The minimum Gasteiger partial charge on any atom is -0.456 e. The van der Waals surface area contributed by atoms with E-state index >= 15 is 0 Å². The van der Waals surface area contributed by atoms with Crippen LogP contribution in [-0.2, 0) is 47.3 Å². The number of benzene rings is 3. The van der Waals surface area contributed by atoms with Crippen molar-refractivity contribution < 1.29 is 57.2 Å². The summed E-state index contributed by atoms with van der Waals surface area (Å²) in [4.78, 5) is 67.5. The lowest BCUT2D eigenvalue weighted by atomic mass is 9.87. The molecule has 3 aromatic carbocycles. The molecular formula is C41H48N4O12Si. The summed E-state index contributed by atoms with van der Waals surface area (Å²) in [5, 5.41) is 19.9. The standard InChI is InChI=1S/C41H48N4O12Si/c1-24(46)52-34-35(53-25(2)47)37(54-26(3)48)39(44-45-42)56-36(34)38(50)43-30-22-23-31(55-40(51)27-16-10-7-11-17-27)32(49)33(30)57-58(41(4,5)6,28-18-12-8-13-19-28)29-20-14-9-15-21-29/h7-21,30-37,39,49H,22-23H2,1-6H3,(H,43,50)/t30?,31-,32+,33+,34-,35+,36?,37?,39-/m1/s1. The lowest BCUT2D eigenvalue weighted by Crippen LogP contribution is -2.72. The number of aliphatic hydroxyl groups excluding tert-OH is 1. The van der Waals surface area contributed by atoms with Gasteiger partial charge >= 0.3 is 23.9 Å². The van der Waals surface area contributed by atoms with Gasteiger partial charge in [0.1, 0.15) is 12.2 Å². The largest absolute Gasteiger partial charge is 0.456 e. The van der Waals surface area contributed by atoms with Crippen LogP contribution in [0.2, 0.25) is 5.04 Å². The number of aliphatic hydroxyl groups is 1. The van der Waals surface area contributed by atoms with Gasteiger partial charge in [-0.3, -0.25) is 19.2 Å². The van der Waals surface area contributed by atoms with E-state index in [1.54, 1.807) is 30.3 Å². The maximum absolute atomic E-state index is 14.5. The van der Waals surface area contributed by atoms with Crippen molar-refractivity contribution in [2.24, 2.45) is 5.11 Å². The zero-order valence-corrected chi connectivity index (χ0v) is 34.1. The smallest absolute Gasteiger partial charge is 0.338 e. The van der Waals surface area contributed by atoms with Gasteiger partial charge in [-0.25, -0.2) is 4.79 Å². The Morgan fingerprint density at radius 1 is 0.741 bits per heavy atom. The van der Waals surface area contributed by atoms with Gasteiger partial charge in [0.05, 0.1) is 17.7 Å². The van der Waals surface area contributed by atoms with Crippen LogP contribution in [0.15, 0.2) is 96.1 Å². The first-order valence-corrected chi connectivity index (χ1v) is 20.7. The number of hydrogen-bond acceptors (Lipinski definition) is 13. The molecule has 0 spiro atoms. The predicted molar refractivity (Wildman–Crippen MR) is 210 cm³/mol. The van der Waals surface area contributed by atoms with Crippen molar-refractivity contribution in [1.29, 1.82) is 0 Å². The summed E-state index contributed by atoms with van der Waals surface area (Å²) in [6.07, 6.45) is -12.0. The van der Waals surface area contributed by atoms with E-state index < -0.39 is 98.1 Å². The Kier molecular flexibility index (Phi) is 14.1. The molecule has 3 unspecified atom stereocenters. The van der Waals surface area contributed by atoms with E-state index in [-0.39, 0.29) is 18.4 Å². The third kappa shape index (κ3) is 9.74. The van der Waals surface area contributed by atoms with Crippen molar-refractivity contribution in [3.63, 3.8) is 0 Å². The summed E-state index contributed by atoms with van der Waals surface area (Å²) in [7, 11) is -3.47. The number of hydrogen-bond donors (Lipinski definition) is 2. The van der Waals surface area contributed by atoms with E-state index in [4.69, 9.17) is 28.1 Å². The second-order valence-electron chi connectivity index (χ2n) is 15.1. The molecule has 1 saturated heterocycles. The summed E-state index contributed by atoms with van der Waals surface area (Å²) in [6.45, 7) is 9.29. The van der Waals surface area contributed by atoms with Crippen molar-refractivity contribution >= 4 is 48.5 Å². The van der Waals surface area contributed by atoms with Gasteiger partial charge < -0.3 is 38.5 Å². The molecule has 17 heteroatoms. The maximum atomic E-state index is 14.5. The molecule has 1 amide bonds. The molecule has 2 N–H and O–H groups in total. The summed E-state index contributed by atoms with van der Waals surface area (Å²) in [5.41, 5.74) is 9.67. The van der Waals surface area contributed by atoms with E-state index in [9.17, 15) is 34.6 Å². The van der Waals surface area contributed by atoms with Gasteiger partial charge in [0, 0.05) is 25.7 Å². The molecule has 5 rings (SSSR count). The number of nitrogens with zero attached hydrogens (tertiary/aromatic N) is 3. The number of amides is 1. The first-order valence-electron chi connectivity index (χ1n) is 18.8.